The van der Waals surface area contributed by atoms with Crippen molar-refractivity contribution in [3.8, 4) is 0 Å². The van der Waals surface area contributed by atoms with Crippen molar-refractivity contribution in [2.75, 3.05) is 0 Å². The lowest BCUT2D eigenvalue weighted by Crippen LogP contribution is -2.20. The molecule has 0 saturated heterocycles. The van der Waals surface area contributed by atoms with Crippen LogP contribution in [0.1, 0.15) is 5.69 Å². The van der Waals surface area contributed by atoms with E-state index in [1.807, 2.05) is 0 Å². The van der Waals surface area contributed by atoms with E-state index in [1.54, 1.807) is 12.1 Å². The van der Waals surface area contributed by atoms with Crippen LogP contribution in [0.25, 0.3) is 0 Å². The molecule has 0 aliphatic heterocycles. The number of nitrogens with one attached hydrogen (secondary N) is 1. The maximum absolute atomic E-state index is 10.1. The minimum atomic E-state index is -1.09. The van der Waals surface area contributed by atoms with E-state index in [2.05, 4.69) is 15.5 Å². The molecule has 0 unspecified atom stereocenters. The van der Waals surface area contributed by atoms with Crippen molar-refractivity contribution in [2.24, 2.45) is 0 Å². The van der Waals surface area contributed by atoms with Crippen LogP contribution in [0.15, 0.2) is 12.1 Å². The lowest BCUT2D eigenvalue weighted by Gasteiger charge is -1.98. The molecule has 1 rings (SSSR count). The number of carbonyl (C=O) groups is 1. The van der Waals surface area contributed by atoms with Gasteiger partial charge in [-0.2, -0.15) is 5.10 Å². The molecule has 12 heavy (non-hydrogen) atoms. The van der Waals surface area contributed by atoms with Crippen molar-refractivity contribution >= 4 is 17.7 Å². The fourth-order valence-electron chi connectivity index (χ4n) is 0.604. The summed E-state index contributed by atoms with van der Waals surface area (Å²) in [6, 6.07) is 3.15. The van der Waals surface area contributed by atoms with E-state index in [0.717, 1.165) is 0 Å². The Bertz CT molecular complexity index is 275. The van der Waals surface area contributed by atoms with Crippen molar-refractivity contribution in [3.05, 3.63) is 23.0 Å². The molecule has 1 aromatic rings. The van der Waals surface area contributed by atoms with Gasteiger partial charge in [0.1, 0.15) is 0 Å². The monoisotopic (exact) mass is 187 g/mol. The molecule has 0 spiro atoms. The van der Waals surface area contributed by atoms with Crippen molar-refractivity contribution in [1.29, 1.82) is 0 Å². The topological polar surface area (TPSA) is 75.1 Å². The Morgan fingerprint density at radius 2 is 2.33 bits per heavy atom. The van der Waals surface area contributed by atoms with Gasteiger partial charge < -0.3 is 10.4 Å². The van der Waals surface area contributed by atoms with Crippen LogP contribution in [0.5, 0.6) is 0 Å². The molecule has 1 aromatic heterocycles. The van der Waals surface area contributed by atoms with Crippen LogP contribution in [0.2, 0.25) is 5.15 Å². The van der Waals surface area contributed by atoms with Crippen molar-refractivity contribution in [1.82, 2.24) is 15.5 Å². The number of rotatable bonds is 2. The fourth-order valence-corrected chi connectivity index (χ4v) is 0.705. The van der Waals surface area contributed by atoms with Crippen molar-refractivity contribution in [2.45, 2.75) is 6.54 Å². The Balaban J connectivity index is 2.53. The number of hydrogen-bond donors (Lipinski definition) is 2. The Morgan fingerprint density at radius 1 is 1.58 bits per heavy atom. The first-order valence-electron chi connectivity index (χ1n) is 3.13. The van der Waals surface area contributed by atoms with Gasteiger partial charge in [0.15, 0.2) is 5.15 Å². The van der Waals surface area contributed by atoms with Gasteiger partial charge in [0.25, 0.3) is 0 Å². The summed E-state index contributed by atoms with van der Waals surface area (Å²) in [7, 11) is 0. The molecule has 0 radical (unpaired) electrons. The largest absolute Gasteiger partial charge is 0.465 e. The van der Waals surface area contributed by atoms with E-state index >= 15 is 0 Å². The van der Waals surface area contributed by atoms with Gasteiger partial charge in [-0.25, -0.2) is 4.79 Å². The van der Waals surface area contributed by atoms with E-state index in [-0.39, 0.29) is 11.7 Å². The van der Waals surface area contributed by atoms with Crippen LogP contribution in [0, 0.1) is 0 Å². The third kappa shape index (κ3) is 2.71. The fraction of sp³-hybridized carbons (Fsp3) is 0.167. The van der Waals surface area contributed by atoms with Gasteiger partial charge >= 0.3 is 6.09 Å². The molecule has 0 aliphatic rings. The minimum Gasteiger partial charge on any atom is -0.465 e. The molecule has 64 valence electrons. The summed E-state index contributed by atoms with van der Waals surface area (Å²) in [5, 5.41) is 17.9. The van der Waals surface area contributed by atoms with Crippen LogP contribution in [0.4, 0.5) is 4.79 Å². The number of carboxylic acid groups (broad SMARTS) is 1. The number of amides is 1. The summed E-state index contributed by atoms with van der Waals surface area (Å²) in [5.74, 6) is 0. The van der Waals surface area contributed by atoms with E-state index < -0.39 is 6.09 Å². The average Bonchev–Trinajstić information content (AvgIpc) is 2.03. The van der Waals surface area contributed by atoms with Crippen LogP contribution >= 0.6 is 11.6 Å². The summed E-state index contributed by atoms with van der Waals surface area (Å²) in [6.07, 6.45) is -1.09. The summed E-state index contributed by atoms with van der Waals surface area (Å²) in [6.45, 7) is 0.138. The molecule has 5 nitrogen and oxygen atoms in total. The quantitative estimate of drug-likeness (QED) is 0.721. The molecule has 0 aromatic carbocycles. The predicted molar refractivity (Wildman–Crippen MR) is 41.9 cm³/mol. The second-order valence-electron chi connectivity index (χ2n) is 2.01. The SMILES string of the molecule is O=C(O)NCc1ccc(Cl)nn1. The van der Waals surface area contributed by atoms with E-state index in [9.17, 15) is 4.79 Å². The number of hydrogen-bond acceptors (Lipinski definition) is 3. The third-order valence-electron chi connectivity index (χ3n) is 1.11. The number of halogens is 1. The van der Waals surface area contributed by atoms with E-state index in [4.69, 9.17) is 16.7 Å². The summed E-state index contributed by atoms with van der Waals surface area (Å²) >= 11 is 5.46. The molecule has 2 N–H and O–H groups in total. The van der Waals surface area contributed by atoms with Crippen LogP contribution in [-0.2, 0) is 6.54 Å². The average molecular weight is 188 g/mol. The Morgan fingerprint density at radius 3 is 2.83 bits per heavy atom. The molecule has 0 aliphatic carbocycles. The maximum Gasteiger partial charge on any atom is 0.404 e. The van der Waals surface area contributed by atoms with E-state index in [0.29, 0.717) is 5.69 Å². The summed E-state index contributed by atoms with van der Waals surface area (Å²) in [5.41, 5.74) is 0.529. The Kier molecular flexibility index (Phi) is 2.82. The Labute approximate surface area is 73.4 Å². The first kappa shape index (κ1) is 8.73. The second kappa shape index (κ2) is 3.87. The van der Waals surface area contributed by atoms with Gasteiger partial charge in [-0.05, 0) is 12.1 Å². The normalized spacial score (nSPS) is 9.42. The number of nitrogens with zero attached hydrogens (tertiary/aromatic N) is 2. The zero-order valence-corrected chi connectivity index (χ0v) is 6.75. The lowest BCUT2D eigenvalue weighted by atomic mass is 10.4. The Hall–Kier alpha value is -1.36. The van der Waals surface area contributed by atoms with Gasteiger partial charge in [-0.1, -0.05) is 11.6 Å². The minimum absolute atomic E-state index is 0.138. The molecular formula is C6H6ClN3O2. The molecule has 1 heterocycles. The highest BCUT2D eigenvalue weighted by Gasteiger charge is 1.97. The van der Waals surface area contributed by atoms with Crippen LogP contribution in [0.3, 0.4) is 0 Å². The number of aromatic nitrogens is 2. The predicted octanol–water partition coefficient (Wildman–Crippen LogP) is 0.898. The molecule has 0 bridgehead atoms. The van der Waals surface area contributed by atoms with E-state index in [1.165, 1.54) is 0 Å². The van der Waals surface area contributed by atoms with Gasteiger partial charge in [-0.15, -0.1) is 5.10 Å². The maximum atomic E-state index is 10.1. The molecular weight excluding hydrogens is 182 g/mol. The zero-order chi connectivity index (χ0) is 8.97. The third-order valence-corrected chi connectivity index (χ3v) is 1.31. The zero-order valence-electron chi connectivity index (χ0n) is 5.99. The van der Waals surface area contributed by atoms with Crippen molar-refractivity contribution < 1.29 is 9.90 Å². The molecule has 1 amide bonds. The highest BCUT2D eigenvalue weighted by Crippen LogP contribution is 2.01. The van der Waals surface area contributed by atoms with Crippen molar-refractivity contribution in [3.63, 3.8) is 0 Å². The summed E-state index contributed by atoms with van der Waals surface area (Å²) in [4.78, 5) is 10.1. The molecule has 0 atom stereocenters. The van der Waals surface area contributed by atoms with Crippen LogP contribution in [-0.4, -0.2) is 21.4 Å². The molecule has 0 fully saturated rings. The first-order chi connectivity index (χ1) is 5.68. The second-order valence-corrected chi connectivity index (χ2v) is 2.39. The highest BCUT2D eigenvalue weighted by molar-refractivity contribution is 6.29. The van der Waals surface area contributed by atoms with Gasteiger partial charge in [0.2, 0.25) is 0 Å². The summed E-state index contributed by atoms with van der Waals surface area (Å²) < 4.78 is 0. The van der Waals surface area contributed by atoms with Gasteiger partial charge in [0, 0.05) is 0 Å². The van der Waals surface area contributed by atoms with Crippen LogP contribution < -0.4 is 5.32 Å². The van der Waals surface area contributed by atoms with Gasteiger partial charge in [0.05, 0.1) is 12.2 Å². The molecule has 6 heteroatoms. The highest BCUT2D eigenvalue weighted by atomic mass is 35.5. The first-order valence-corrected chi connectivity index (χ1v) is 3.51. The standard InChI is InChI=1S/C6H6ClN3O2/c7-5-2-1-4(9-10-5)3-8-6(11)12/h1-2,8H,3H2,(H,11,12). The van der Waals surface area contributed by atoms with Gasteiger partial charge in [-0.3, -0.25) is 0 Å². The molecule has 0 saturated carbocycles. The smallest absolute Gasteiger partial charge is 0.404 e. The lowest BCUT2D eigenvalue weighted by molar-refractivity contribution is 0.194.